The summed E-state index contributed by atoms with van der Waals surface area (Å²) in [6, 6.07) is 9.94. The van der Waals surface area contributed by atoms with E-state index in [9.17, 15) is 0 Å². The Labute approximate surface area is 113 Å². The van der Waals surface area contributed by atoms with Gasteiger partial charge >= 0.3 is 0 Å². The molecule has 1 aromatic carbocycles. The highest BCUT2D eigenvalue weighted by Gasteiger charge is 2.09. The van der Waals surface area contributed by atoms with Gasteiger partial charge in [-0.2, -0.15) is 0 Å². The minimum absolute atomic E-state index is 0.534. The lowest BCUT2D eigenvalue weighted by molar-refractivity contribution is 0.416. The van der Waals surface area contributed by atoms with Crippen molar-refractivity contribution in [1.82, 2.24) is 4.98 Å². The largest absolute Gasteiger partial charge is 0.496 e. The Bertz CT molecular complexity index is 612. The Kier molecular flexibility index (Phi) is 3.56. The number of aromatic nitrogens is 1. The number of rotatable bonds is 3. The van der Waals surface area contributed by atoms with Gasteiger partial charge in [-0.05, 0) is 43.7 Å². The quantitative estimate of drug-likeness (QED) is 0.914. The number of methoxy groups -OCH3 is 1. The molecule has 0 aliphatic heterocycles. The molecule has 3 heteroatoms. The second-order valence-electron chi connectivity index (χ2n) is 4.58. The van der Waals surface area contributed by atoms with Gasteiger partial charge < -0.3 is 10.5 Å². The van der Waals surface area contributed by atoms with Crippen LogP contribution < -0.4 is 10.5 Å². The molecule has 0 unspecified atom stereocenters. The predicted molar refractivity (Wildman–Crippen MR) is 78.9 cm³/mol. The van der Waals surface area contributed by atoms with E-state index in [4.69, 9.17) is 10.5 Å². The molecule has 0 spiro atoms. The molecule has 0 saturated heterocycles. The van der Waals surface area contributed by atoms with E-state index in [0.717, 1.165) is 33.8 Å². The fourth-order valence-corrected chi connectivity index (χ4v) is 2.12. The lowest BCUT2D eigenvalue weighted by Crippen LogP contribution is -1.97. The monoisotopic (exact) mass is 254 g/mol. The zero-order valence-electron chi connectivity index (χ0n) is 11.5. The lowest BCUT2D eigenvalue weighted by Gasteiger charge is -2.12. The second kappa shape index (κ2) is 5.14. The minimum atomic E-state index is 0.534. The van der Waals surface area contributed by atoms with Crippen LogP contribution in [0.1, 0.15) is 17.0 Å². The van der Waals surface area contributed by atoms with Gasteiger partial charge in [0.2, 0.25) is 0 Å². The van der Waals surface area contributed by atoms with Crippen LogP contribution in [0.25, 0.3) is 16.8 Å². The number of aryl methyl sites for hydroxylation is 2. The third kappa shape index (κ3) is 2.76. The Balaban J connectivity index is 2.58. The summed E-state index contributed by atoms with van der Waals surface area (Å²) in [5.74, 6) is 0.786. The van der Waals surface area contributed by atoms with E-state index >= 15 is 0 Å². The van der Waals surface area contributed by atoms with Crippen molar-refractivity contribution in [2.24, 2.45) is 5.73 Å². The fourth-order valence-electron chi connectivity index (χ4n) is 2.12. The van der Waals surface area contributed by atoms with Gasteiger partial charge in [-0.15, -0.1) is 0 Å². The first kappa shape index (κ1) is 13.1. The first-order chi connectivity index (χ1) is 9.01. The van der Waals surface area contributed by atoms with Gasteiger partial charge in [0, 0.05) is 28.2 Å². The highest BCUT2D eigenvalue weighted by Crippen LogP contribution is 2.32. The van der Waals surface area contributed by atoms with Crippen molar-refractivity contribution >= 4 is 5.70 Å². The summed E-state index contributed by atoms with van der Waals surface area (Å²) in [5, 5.41) is 0. The normalized spacial score (nSPS) is 10.3. The van der Waals surface area contributed by atoms with E-state index in [-0.39, 0.29) is 0 Å². The smallest absolute Gasteiger partial charge is 0.127 e. The molecule has 0 radical (unpaired) electrons. The van der Waals surface area contributed by atoms with Crippen LogP contribution in [-0.4, -0.2) is 12.1 Å². The van der Waals surface area contributed by atoms with E-state index in [0.29, 0.717) is 5.70 Å². The zero-order chi connectivity index (χ0) is 14.0. The average molecular weight is 254 g/mol. The van der Waals surface area contributed by atoms with Crippen LogP contribution >= 0.6 is 0 Å². The van der Waals surface area contributed by atoms with E-state index in [1.54, 1.807) is 7.11 Å². The van der Waals surface area contributed by atoms with Crippen molar-refractivity contribution in [3.63, 3.8) is 0 Å². The Morgan fingerprint density at radius 2 is 1.79 bits per heavy atom. The topological polar surface area (TPSA) is 48.1 Å². The highest BCUT2D eigenvalue weighted by molar-refractivity contribution is 5.74. The number of hydrogen-bond donors (Lipinski definition) is 1. The first-order valence-electron chi connectivity index (χ1n) is 6.09. The summed E-state index contributed by atoms with van der Waals surface area (Å²) in [4.78, 5) is 4.39. The van der Waals surface area contributed by atoms with Gasteiger partial charge in [-0.1, -0.05) is 12.6 Å². The SMILES string of the molecule is C=C(N)c1ccc(-c2cc(C)nc(C)c2)c(OC)c1. The van der Waals surface area contributed by atoms with Crippen LogP contribution in [0.2, 0.25) is 0 Å². The third-order valence-electron chi connectivity index (χ3n) is 2.96. The summed E-state index contributed by atoms with van der Waals surface area (Å²) >= 11 is 0. The Morgan fingerprint density at radius 3 is 2.32 bits per heavy atom. The van der Waals surface area contributed by atoms with E-state index < -0.39 is 0 Å². The van der Waals surface area contributed by atoms with Gasteiger partial charge in [0.05, 0.1) is 7.11 Å². The number of nitrogens with zero attached hydrogens (tertiary/aromatic N) is 1. The summed E-state index contributed by atoms with van der Waals surface area (Å²) in [5.41, 5.74) is 11.2. The zero-order valence-corrected chi connectivity index (χ0v) is 11.5. The van der Waals surface area contributed by atoms with Crippen LogP contribution in [0.5, 0.6) is 5.75 Å². The molecule has 0 fully saturated rings. The standard InChI is InChI=1S/C16H18N2O/c1-10-7-14(8-11(2)18-10)15-6-5-13(12(3)17)9-16(15)19-4/h5-9H,3,17H2,1-2,4H3. The van der Waals surface area contributed by atoms with Crippen LogP contribution in [0.15, 0.2) is 36.9 Å². The molecule has 1 heterocycles. The third-order valence-corrected chi connectivity index (χ3v) is 2.96. The second-order valence-corrected chi connectivity index (χ2v) is 4.58. The molecule has 0 saturated carbocycles. The van der Waals surface area contributed by atoms with E-state index in [1.165, 1.54) is 0 Å². The molecule has 0 amide bonds. The van der Waals surface area contributed by atoms with Gasteiger partial charge in [-0.25, -0.2) is 0 Å². The molecule has 2 aromatic rings. The number of nitrogens with two attached hydrogens (primary N) is 1. The van der Waals surface area contributed by atoms with Gasteiger partial charge in [-0.3, -0.25) is 4.98 Å². The molecule has 2 rings (SSSR count). The van der Waals surface area contributed by atoms with Crippen molar-refractivity contribution in [3.8, 4) is 16.9 Å². The molecule has 3 nitrogen and oxygen atoms in total. The van der Waals surface area contributed by atoms with E-state index in [1.807, 2.05) is 44.2 Å². The van der Waals surface area contributed by atoms with Crippen molar-refractivity contribution in [1.29, 1.82) is 0 Å². The van der Waals surface area contributed by atoms with Gasteiger partial charge in [0.15, 0.2) is 0 Å². The molecule has 0 aliphatic rings. The summed E-state index contributed by atoms with van der Waals surface area (Å²) in [6.07, 6.45) is 0. The maximum atomic E-state index is 5.71. The molecule has 2 N–H and O–H groups in total. The molecule has 0 atom stereocenters. The molecule has 0 bridgehead atoms. The fraction of sp³-hybridized carbons (Fsp3) is 0.188. The molecule has 1 aromatic heterocycles. The van der Waals surface area contributed by atoms with E-state index in [2.05, 4.69) is 11.6 Å². The van der Waals surface area contributed by atoms with Crippen molar-refractivity contribution in [2.75, 3.05) is 7.11 Å². The molecular formula is C16H18N2O. The first-order valence-corrected chi connectivity index (χ1v) is 6.09. The van der Waals surface area contributed by atoms with Crippen molar-refractivity contribution in [2.45, 2.75) is 13.8 Å². The predicted octanol–water partition coefficient (Wildman–Crippen LogP) is 3.30. The number of pyridine rings is 1. The molecule has 0 aliphatic carbocycles. The number of benzene rings is 1. The highest BCUT2D eigenvalue weighted by atomic mass is 16.5. The summed E-state index contributed by atoms with van der Waals surface area (Å²) in [7, 11) is 1.66. The average Bonchev–Trinajstić information content (AvgIpc) is 2.36. The molecule has 98 valence electrons. The van der Waals surface area contributed by atoms with Crippen LogP contribution in [-0.2, 0) is 0 Å². The number of ether oxygens (including phenoxy) is 1. The van der Waals surface area contributed by atoms with Gasteiger partial charge in [0.25, 0.3) is 0 Å². The summed E-state index contributed by atoms with van der Waals surface area (Å²) < 4.78 is 5.45. The van der Waals surface area contributed by atoms with Crippen LogP contribution in [0, 0.1) is 13.8 Å². The molecular weight excluding hydrogens is 236 g/mol. The van der Waals surface area contributed by atoms with Gasteiger partial charge in [0.1, 0.15) is 5.75 Å². The van der Waals surface area contributed by atoms with Crippen molar-refractivity contribution < 1.29 is 4.74 Å². The Morgan fingerprint density at radius 1 is 1.16 bits per heavy atom. The lowest BCUT2D eigenvalue weighted by atomic mass is 10.0. The Hall–Kier alpha value is -2.29. The van der Waals surface area contributed by atoms with Crippen molar-refractivity contribution in [3.05, 3.63) is 53.9 Å². The number of hydrogen-bond acceptors (Lipinski definition) is 3. The van der Waals surface area contributed by atoms with Crippen LogP contribution in [0.4, 0.5) is 0 Å². The maximum Gasteiger partial charge on any atom is 0.127 e. The summed E-state index contributed by atoms with van der Waals surface area (Å²) in [6.45, 7) is 7.71. The maximum absolute atomic E-state index is 5.71. The minimum Gasteiger partial charge on any atom is -0.496 e. The van der Waals surface area contributed by atoms with Crippen LogP contribution in [0.3, 0.4) is 0 Å². The molecule has 19 heavy (non-hydrogen) atoms.